The van der Waals surface area contributed by atoms with Crippen molar-refractivity contribution < 1.29 is 38.2 Å². The number of aromatic nitrogens is 12. The molecule has 2 unspecified atom stereocenters. The van der Waals surface area contributed by atoms with E-state index in [4.69, 9.17) is 14.2 Å². The van der Waals surface area contributed by atoms with Gasteiger partial charge in [-0.2, -0.15) is 0 Å². The highest BCUT2D eigenvalue weighted by atomic mass is 16.5. The first kappa shape index (κ1) is 84.2. The van der Waals surface area contributed by atoms with Gasteiger partial charge in [0.05, 0.1) is 67.5 Å². The lowest BCUT2D eigenvalue weighted by Crippen LogP contribution is -2.57. The van der Waals surface area contributed by atoms with Crippen LogP contribution in [0.2, 0.25) is 0 Å². The number of ether oxygens (including phenoxy) is 3. The molecular weight excluding hydrogens is 1600 g/mol. The number of urea groups is 3. The number of carbonyl (C=O) groups is 5. The Morgan fingerprint density at radius 3 is 1.07 bits per heavy atom. The van der Waals surface area contributed by atoms with Gasteiger partial charge in [-0.3, -0.25) is 25.5 Å². The van der Waals surface area contributed by atoms with Crippen molar-refractivity contribution >= 4 is 132 Å². The van der Waals surface area contributed by atoms with E-state index in [0.717, 1.165) is 192 Å². The molecule has 18 rings (SSSR count). The Bertz CT molecular complexity index is 6120. The van der Waals surface area contributed by atoms with Crippen LogP contribution in [0.25, 0.3) is 66.9 Å². The smallest absolute Gasteiger partial charge is 0.324 e. The second kappa shape index (κ2) is 40.1. The highest BCUT2D eigenvalue weighted by molar-refractivity contribution is 6.02. The summed E-state index contributed by atoms with van der Waals surface area (Å²) in [5, 5.41) is 29.2. The molecule has 6 saturated heterocycles. The standard InChI is InChI=1S/C31H33N9O3.C30H31N9O3.C30H31N9O2/c1-2-4-28(41)35-23-5-3-12-40(19-23)24-10-11-32-27(17-24)38-31(42)36-22-8-6-21(7-9-22)26-18-25-29(37-26)33-20-34-30(25)39-13-15-43-16-14-39;1-2-3-27(40)34-22-9-11-39(18-22)23-8-10-31-26(16-23)37-30(41)35-21-6-4-20(5-7-21)25-17-24-28(36-25)32-19-33-29(24)38-12-14-42-15-13-38;1-3-4-20(2)34-23-17-39(18-23)24-9-10-31-27(15-24)37-30(40)35-22-7-5-21(6-8-22)26-16-25-28(36-26)32-19-33-29(25)38-11-13-41-14-12-38/h6-11,17-18,20,23H,3,5,12-16,19H2,1H3,(H,35,41)(H,33,34,37)(H2,32,36,38,42);4-8,10,16-17,19,22H,9,11-15,18H2,1H3,(H,34,40)(H,32,33,36)(H2,31,35,37,41);5-10,15-16,19,23,34H,2,11-14,17-18H2,1H3,(H,32,33,36)(H2,31,35,37,40). The second-order valence-corrected chi connectivity index (χ2v) is 30.4. The molecule has 0 spiro atoms. The van der Waals surface area contributed by atoms with Gasteiger partial charge >= 0.3 is 18.1 Å². The van der Waals surface area contributed by atoms with Gasteiger partial charge in [-0.15, -0.1) is 0 Å². The maximum Gasteiger partial charge on any atom is 0.324 e. The summed E-state index contributed by atoms with van der Waals surface area (Å²) in [6.45, 7) is 22.5. The fraction of sp³-hybridized carbons (Fsp3) is 0.297. The molecule has 0 bridgehead atoms. The SMILES string of the molecule is C=C(C#CC)NC1CN(c2ccnc(NC(=O)Nc3ccc(-c4cc5c(N6CCOCC6)ncnc5[nH]4)cc3)c2)C1.CC#CC(=O)NC1CCCN(c2ccnc(NC(=O)Nc3ccc(-c4cc5c(N6CCOCC6)ncnc5[nH]4)cc3)c2)C1.CC#CC(=O)NC1CCN(c2ccnc(NC(=O)Nc3ccc(-c4cc5c(N6CCOCC6)ncnc5[nH]4)cc3)c2)C1. The van der Waals surface area contributed by atoms with Crippen LogP contribution in [-0.4, -0.2) is 226 Å². The number of anilines is 12. The number of amides is 8. The molecule has 6 aliphatic rings. The van der Waals surface area contributed by atoms with E-state index in [2.05, 4.69) is 197 Å². The van der Waals surface area contributed by atoms with Crippen LogP contribution in [0.5, 0.6) is 0 Å². The first-order valence-electron chi connectivity index (χ1n) is 41.7. The molecule has 0 saturated carbocycles. The molecule has 8 amide bonds. The van der Waals surface area contributed by atoms with Crippen molar-refractivity contribution in [1.29, 1.82) is 0 Å². The van der Waals surface area contributed by atoms with Crippen molar-refractivity contribution in [3.63, 3.8) is 0 Å². The summed E-state index contributed by atoms with van der Waals surface area (Å²) in [5.41, 5.74) is 13.5. The van der Waals surface area contributed by atoms with Crippen molar-refractivity contribution in [1.82, 2.24) is 75.8 Å². The Labute approximate surface area is 726 Å². The third kappa shape index (κ3) is 21.4. The number of hydrogen-bond donors (Lipinski definition) is 12. The van der Waals surface area contributed by atoms with Crippen molar-refractivity contribution in [2.75, 3.05) is 179 Å². The van der Waals surface area contributed by atoms with Crippen molar-refractivity contribution in [3.05, 3.63) is 177 Å². The average Bonchev–Trinajstić information content (AvgIpc) is 1.67. The van der Waals surface area contributed by atoms with E-state index in [0.29, 0.717) is 93.3 Å². The molecule has 15 heterocycles. The zero-order chi connectivity index (χ0) is 86.7. The van der Waals surface area contributed by atoms with Crippen LogP contribution in [0.4, 0.5) is 83.4 Å². The van der Waals surface area contributed by atoms with E-state index in [1.165, 1.54) is 0 Å². The minimum Gasteiger partial charge on any atom is -0.378 e. The number of benzene rings is 3. The van der Waals surface area contributed by atoms with Gasteiger partial charge in [-0.25, -0.2) is 59.2 Å². The summed E-state index contributed by atoms with van der Waals surface area (Å²) in [7, 11) is 0. The number of H-pyrrole nitrogens is 3. The van der Waals surface area contributed by atoms with Gasteiger partial charge in [0.25, 0.3) is 11.8 Å². The molecule has 642 valence electrons. The number of fused-ring (bicyclic) bond motifs is 3. The van der Waals surface area contributed by atoms with E-state index in [1.54, 1.807) is 58.3 Å². The molecule has 0 aliphatic carbocycles. The summed E-state index contributed by atoms with van der Waals surface area (Å²) in [4.78, 5) is 125. The second-order valence-electron chi connectivity index (χ2n) is 30.4. The van der Waals surface area contributed by atoms with Crippen LogP contribution in [0, 0.1) is 35.5 Å². The summed E-state index contributed by atoms with van der Waals surface area (Å²) in [5.74, 6) is 19.6. The van der Waals surface area contributed by atoms with E-state index < -0.39 is 12.1 Å². The largest absolute Gasteiger partial charge is 0.378 e. The number of nitrogens with zero attached hydrogens (tertiary/aromatic N) is 15. The minimum absolute atomic E-state index is 0.0158. The van der Waals surface area contributed by atoms with Gasteiger partial charge in [0.2, 0.25) is 0 Å². The van der Waals surface area contributed by atoms with Crippen LogP contribution in [0.15, 0.2) is 177 Å². The maximum absolute atomic E-state index is 12.8. The van der Waals surface area contributed by atoms with Crippen LogP contribution in [-0.2, 0) is 23.8 Å². The fourth-order valence-electron chi connectivity index (χ4n) is 15.7. The third-order valence-corrected chi connectivity index (χ3v) is 21.9. The monoisotopic (exact) mass is 1690 g/mol. The zero-order valence-corrected chi connectivity index (χ0v) is 69.9. The number of pyridine rings is 3. The summed E-state index contributed by atoms with van der Waals surface area (Å²) >= 11 is 0. The van der Waals surface area contributed by atoms with Crippen molar-refractivity contribution in [2.24, 2.45) is 0 Å². The molecule has 9 aromatic heterocycles. The highest BCUT2D eigenvalue weighted by Gasteiger charge is 2.30. The number of piperidine rings is 1. The van der Waals surface area contributed by atoms with Gasteiger partial charge in [0.15, 0.2) is 0 Å². The zero-order valence-electron chi connectivity index (χ0n) is 69.9. The summed E-state index contributed by atoms with van der Waals surface area (Å²) in [6, 6.07) is 39.4. The molecule has 3 aromatic carbocycles. The Hall–Kier alpha value is -15.4. The molecule has 6 aliphatic heterocycles. The quantitative estimate of drug-likeness (QED) is 0.0335. The number of aromatic amines is 3. The number of carbonyl (C=O) groups excluding carboxylic acids is 5. The predicted octanol–water partition coefficient (Wildman–Crippen LogP) is 10.6. The Balaban J connectivity index is 0.000000139. The molecular formula is C91H95N27O8. The number of nitrogens with one attached hydrogen (secondary N) is 12. The number of hydrogen-bond acceptors (Lipinski definition) is 24. The topological polar surface area (TPSA) is 404 Å². The van der Waals surface area contributed by atoms with Crippen molar-refractivity contribution in [2.45, 2.75) is 58.2 Å². The molecule has 12 N–H and O–H groups in total. The van der Waals surface area contributed by atoms with Crippen LogP contribution >= 0.6 is 0 Å². The lowest BCUT2D eigenvalue weighted by molar-refractivity contribution is -0.117. The van der Waals surface area contributed by atoms with Gasteiger partial charge in [0.1, 0.15) is 70.8 Å². The maximum atomic E-state index is 12.8. The third-order valence-electron chi connectivity index (χ3n) is 21.9. The van der Waals surface area contributed by atoms with Crippen LogP contribution < -0.4 is 77.3 Å². The van der Waals surface area contributed by atoms with E-state index in [1.807, 2.05) is 109 Å². The predicted molar refractivity (Wildman–Crippen MR) is 488 cm³/mol. The number of morpholine rings is 3. The number of rotatable bonds is 19. The lowest BCUT2D eigenvalue weighted by Gasteiger charge is -2.41. The summed E-state index contributed by atoms with van der Waals surface area (Å²) in [6.07, 6.45) is 12.4. The molecule has 6 fully saturated rings. The normalized spacial score (nSPS) is 16.1. The molecule has 2 atom stereocenters. The highest BCUT2D eigenvalue weighted by Crippen LogP contribution is 2.35. The summed E-state index contributed by atoms with van der Waals surface area (Å²) < 4.78 is 16.4. The van der Waals surface area contributed by atoms with Crippen LogP contribution in [0.1, 0.15) is 40.0 Å². The molecule has 0 radical (unpaired) electrons. The van der Waals surface area contributed by atoms with E-state index >= 15 is 0 Å². The van der Waals surface area contributed by atoms with Crippen LogP contribution in [0.3, 0.4) is 0 Å². The fourth-order valence-corrected chi connectivity index (χ4v) is 15.7. The number of allylic oxidation sites excluding steroid dienone is 1. The molecule has 35 nitrogen and oxygen atoms in total. The van der Waals surface area contributed by atoms with Crippen molar-refractivity contribution in [3.8, 4) is 69.3 Å². The Morgan fingerprint density at radius 2 is 0.706 bits per heavy atom. The molecule has 12 aromatic rings. The lowest BCUT2D eigenvalue weighted by atomic mass is 10.0. The Kier molecular flexibility index (Phi) is 26.8. The van der Waals surface area contributed by atoms with Gasteiger partial charge in [-0.1, -0.05) is 66.7 Å². The van der Waals surface area contributed by atoms with Gasteiger partial charge in [0, 0.05) is 179 Å². The average molecular weight is 1690 g/mol. The Morgan fingerprint density at radius 1 is 0.365 bits per heavy atom. The molecule has 35 heteroatoms. The first-order chi connectivity index (χ1) is 61.7. The first-order valence-corrected chi connectivity index (χ1v) is 41.7. The van der Waals surface area contributed by atoms with Gasteiger partial charge < -0.3 is 90.5 Å². The molecule has 126 heavy (non-hydrogen) atoms. The van der Waals surface area contributed by atoms with Gasteiger partial charge in [-0.05, 0) is 141 Å². The van der Waals surface area contributed by atoms with E-state index in [9.17, 15) is 24.0 Å². The van der Waals surface area contributed by atoms with E-state index in [-0.39, 0.29) is 29.9 Å². The minimum atomic E-state index is -0.395.